The van der Waals surface area contributed by atoms with Crippen molar-refractivity contribution in [1.82, 2.24) is 10.2 Å². The molecule has 8 heteroatoms. The molecule has 1 aromatic rings. The number of rotatable bonds is 4. The number of carbonyl (C=O) groups excluding carboxylic acids is 2. The topological polar surface area (TPSA) is 113 Å². The predicted molar refractivity (Wildman–Crippen MR) is 88.7 cm³/mol. The van der Waals surface area contributed by atoms with Crippen LogP contribution in [0, 0.1) is 0 Å². The fourth-order valence-corrected chi connectivity index (χ4v) is 4.12. The maximum Gasteiger partial charge on any atom is 0.352 e. The number of benzene rings is 1. The van der Waals surface area contributed by atoms with Gasteiger partial charge >= 0.3 is 5.97 Å². The minimum atomic E-state index is -1.13. The van der Waals surface area contributed by atoms with Gasteiger partial charge in [-0.1, -0.05) is 30.3 Å². The minimum Gasteiger partial charge on any atom is -0.477 e. The molecule has 4 N–H and O–H groups in total. The van der Waals surface area contributed by atoms with Crippen LogP contribution in [0.4, 0.5) is 0 Å². The van der Waals surface area contributed by atoms with Gasteiger partial charge in [0.2, 0.25) is 5.91 Å². The van der Waals surface area contributed by atoms with Crippen molar-refractivity contribution in [3.05, 3.63) is 47.2 Å². The third-order valence-corrected chi connectivity index (χ3v) is 5.52. The molecule has 1 aromatic carbocycles. The fraction of sp³-hybridized carbons (Fsp3) is 0.312. The molecule has 2 heterocycles. The van der Waals surface area contributed by atoms with Crippen LogP contribution in [0.3, 0.4) is 0 Å². The van der Waals surface area contributed by atoms with Crippen molar-refractivity contribution in [3.8, 4) is 0 Å². The SMILES string of the molecule is CC1=C(C(=O)O)N2C(=O)[C@@H](NC(=O)C(N)c3ccccc3)C2SC1. The Bertz CT molecular complexity index is 734. The number of carboxylic acid groups (broad SMARTS) is 1. The monoisotopic (exact) mass is 347 g/mol. The molecule has 126 valence electrons. The lowest BCUT2D eigenvalue weighted by Gasteiger charge is -2.49. The zero-order valence-electron chi connectivity index (χ0n) is 12.9. The van der Waals surface area contributed by atoms with E-state index in [2.05, 4.69) is 5.32 Å². The van der Waals surface area contributed by atoms with E-state index >= 15 is 0 Å². The second-order valence-corrected chi connectivity index (χ2v) is 6.82. The first-order chi connectivity index (χ1) is 11.4. The van der Waals surface area contributed by atoms with Gasteiger partial charge in [-0.15, -0.1) is 11.8 Å². The molecule has 2 aliphatic rings. The van der Waals surface area contributed by atoms with Crippen LogP contribution >= 0.6 is 11.8 Å². The van der Waals surface area contributed by atoms with Crippen LogP contribution in [-0.2, 0) is 14.4 Å². The third kappa shape index (κ3) is 2.67. The number of aliphatic carboxylic acids is 1. The second kappa shape index (κ2) is 6.29. The van der Waals surface area contributed by atoms with E-state index in [1.165, 1.54) is 16.7 Å². The second-order valence-electron chi connectivity index (χ2n) is 5.72. The van der Waals surface area contributed by atoms with E-state index in [0.29, 0.717) is 16.9 Å². The summed E-state index contributed by atoms with van der Waals surface area (Å²) in [6.07, 6.45) is 0. The van der Waals surface area contributed by atoms with Crippen molar-refractivity contribution in [2.75, 3.05) is 5.75 Å². The van der Waals surface area contributed by atoms with Gasteiger partial charge in [-0.3, -0.25) is 14.5 Å². The summed E-state index contributed by atoms with van der Waals surface area (Å²) in [7, 11) is 0. The summed E-state index contributed by atoms with van der Waals surface area (Å²) in [4.78, 5) is 37.2. The molecule has 0 saturated carbocycles. The molecule has 24 heavy (non-hydrogen) atoms. The van der Waals surface area contributed by atoms with Crippen LogP contribution in [0.1, 0.15) is 18.5 Å². The normalized spacial score (nSPS) is 24.1. The lowest BCUT2D eigenvalue weighted by molar-refractivity contribution is -0.150. The molecule has 2 amide bonds. The van der Waals surface area contributed by atoms with Crippen molar-refractivity contribution < 1.29 is 19.5 Å². The predicted octanol–water partition coefficient (Wildman–Crippen LogP) is 0.445. The molecule has 0 radical (unpaired) electrons. The summed E-state index contributed by atoms with van der Waals surface area (Å²) in [5, 5.41) is 11.5. The first kappa shape index (κ1) is 16.5. The number of carboxylic acids is 1. The molecule has 1 fully saturated rings. The number of nitrogens with two attached hydrogens (primary N) is 1. The highest BCUT2D eigenvalue weighted by Crippen LogP contribution is 2.40. The number of amides is 2. The lowest BCUT2D eigenvalue weighted by atomic mass is 10.0. The molecule has 1 saturated heterocycles. The van der Waals surface area contributed by atoms with E-state index in [9.17, 15) is 19.5 Å². The van der Waals surface area contributed by atoms with E-state index in [0.717, 1.165) is 0 Å². The van der Waals surface area contributed by atoms with Gasteiger partial charge in [-0.2, -0.15) is 0 Å². The maximum atomic E-state index is 12.3. The van der Waals surface area contributed by atoms with Crippen LogP contribution in [0.5, 0.6) is 0 Å². The van der Waals surface area contributed by atoms with Gasteiger partial charge < -0.3 is 16.2 Å². The molecule has 0 bridgehead atoms. The third-order valence-electron chi connectivity index (χ3n) is 4.10. The van der Waals surface area contributed by atoms with Gasteiger partial charge in [0, 0.05) is 5.75 Å². The summed E-state index contributed by atoms with van der Waals surface area (Å²) in [5.41, 5.74) is 7.24. The van der Waals surface area contributed by atoms with Gasteiger partial charge in [0.1, 0.15) is 23.2 Å². The van der Waals surface area contributed by atoms with Crippen molar-refractivity contribution >= 4 is 29.5 Å². The number of thioether (sulfide) groups is 1. The Balaban J connectivity index is 1.71. The van der Waals surface area contributed by atoms with Gasteiger partial charge in [0.25, 0.3) is 5.91 Å². The standard InChI is InChI=1S/C16H17N3O4S/c1-8-7-24-15-11(14(21)19(15)12(8)16(22)23)18-13(20)10(17)9-5-3-2-4-6-9/h2-6,10-11,15H,7,17H2,1H3,(H,18,20)(H,22,23)/t10?,11-,15?/m1/s1. The van der Waals surface area contributed by atoms with Gasteiger partial charge in [-0.05, 0) is 18.1 Å². The van der Waals surface area contributed by atoms with Gasteiger partial charge in [0.15, 0.2) is 0 Å². The highest BCUT2D eigenvalue weighted by atomic mass is 32.2. The van der Waals surface area contributed by atoms with Crippen molar-refractivity contribution in [2.24, 2.45) is 5.73 Å². The number of hydrogen-bond acceptors (Lipinski definition) is 5. The van der Waals surface area contributed by atoms with Crippen LogP contribution in [0.25, 0.3) is 0 Å². The lowest BCUT2D eigenvalue weighted by Crippen LogP contribution is -2.71. The Kier molecular flexibility index (Phi) is 4.33. The summed E-state index contributed by atoms with van der Waals surface area (Å²) in [5.74, 6) is -1.50. The number of carbonyl (C=O) groups is 3. The smallest absolute Gasteiger partial charge is 0.352 e. The number of nitrogens with zero attached hydrogens (tertiary/aromatic N) is 1. The van der Waals surface area contributed by atoms with Crippen LogP contribution in [0.2, 0.25) is 0 Å². The van der Waals surface area contributed by atoms with E-state index in [1.54, 1.807) is 31.2 Å². The fourth-order valence-electron chi connectivity index (χ4n) is 2.83. The molecule has 7 nitrogen and oxygen atoms in total. The van der Waals surface area contributed by atoms with Crippen LogP contribution in [0.15, 0.2) is 41.6 Å². The average molecular weight is 347 g/mol. The summed E-state index contributed by atoms with van der Waals surface area (Å²) < 4.78 is 0. The van der Waals surface area contributed by atoms with E-state index in [4.69, 9.17) is 5.73 Å². The maximum absolute atomic E-state index is 12.3. The Labute approximate surface area is 142 Å². The molecule has 0 aromatic heterocycles. The number of fused-ring (bicyclic) bond motifs is 1. The Morgan fingerprint density at radius 1 is 1.38 bits per heavy atom. The Hall–Kier alpha value is -2.32. The number of β-lactam (4-membered cyclic amide) rings is 1. The molecule has 2 unspecified atom stereocenters. The van der Waals surface area contributed by atoms with Crippen LogP contribution in [-0.4, -0.2) is 45.0 Å². The average Bonchev–Trinajstić information content (AvgIpc) is 2.59. The molecular weight excluding hydrogens is 330 g/mol. The van der Waals surface area contributed by atoms with Crippen molar-refractivity contribution in [2.45, 2.75) is 24.4 Å². The quantitative estimate of drug-likeness (QED) is 0.682. The summed E-state index contributed by atoms with van der Waals surface area (Å²) in [6.45, 7) is 1.69. The first-order valence-electron chi connectivity index (χ1n) is 7.40. The molecule has 0 aliphatic carbocycles. The largest absolute Gasteiger partial charge is 0.477 e. The van der Waals surface area contributed by atoms with Gasteiger partial charge in [0.05, 0.1) is 0 Å². The highest BCUT2D eigenvalue weighted by Gasteiger charge is 2.53. The van der Waals surface area contributed by atoms with E-state index in [-0.39, 0.29) is 5.70 Å². The Morgan fingerprint density at radius 2 is 2.04 bits per heavy atom. The highest BCUT2D eigenvalue weighted by molar-refractivity contribution is 8.00. The zero-order chi connectivity index (χ0) is 17.4. The number of hydrogen-bond donors (Lipinski definition) is 3. The molecule has 3 atom stereocenters. The van der Waals surface area contributed by atoms with Gasteiger partial charge in [-0.25, -0.2) is 4.79 Å². The van der Waals surface area contributed by atoms with Crippen LogP contribution < -0.4 is 11.1 Å². The molecule has 3 rings (SSSR count). The molecular formula is C16H17N3O4S. The minimum absolute atomic E-state index is 0.0154. The van der Waals surface area contributed by atoms with E-state index < -0.39 is 35.2 Å². The van der Waals surface area contributed by atoms with Crippen molar-refractivity contribution in [1.29, 1.82) is 0 Å². The first-order valence-corrected chi connectivity index (χ1v) is 8.45. The van der Waals surface area contributed by atoms with Crippen molar-refractivity contribution in [3.63, 3.8) is 0 Å². The summed E-state index contributed by atoms with van der Waals surface area (Å²) >= 11 is 1.43. The Morgan fingerprint density at radius 3 is 2.67 bits per heavy atom. The molecule has 2 aliphatic heterocycles. The van der Waals surface area contributed by atoms with E-state index in [1.807, 2.05) is 6.07 Å². The zero-order valence-corrected chi connectivity index (χ0v) is 13.7. The molecule has 0 spiro atoms. The number of nitrogens with one attached hydrogen (secondary N) is 1. The summed E-state index contributed by atoms with van der Waals surface area (Å²) in [6, 6.07) is 7.23.